The molecule has 2 fully saturated rings. The van der Waals surface area contributed by atoms with Crippen LogP contribution in [0.5, 0.6) is 0 Å². The Morgan fingerprint density at radius 1 is 1.59 bits per heavy atom. The number of hydrogen-bond donors (Lipinski definition) is 1. The van der Waals surface area contributed by atoms with Gasteiger partial charge >= 0.3 is 0 Å². The summed E-state index contributed by atoms with van der Waals surface area (Å²) in [5.74, 6) is 0.877. The number of hydrogen-bond acceptors (Lipinski definition) is 4. The van der Waals surface area contributed by atoms with Crippen molar-refractivity contribution in [2.75, 3.05) is 13.7 Å². The van der Waals surface area contributed by atoms with E-state index in [-0.39, 0.29) is 5.60 Å². The highest BCUT2D eigenvalue weighted by Crippen LogP contribution is 2.45. The van der Waals surface area contributed by atoms with Crippen molar-refractivity contribution in [3.8, 4) is 0 Å². The topological polar surface area (TPSA) is 52.0 Å². The third kappa shape index (κ3) is 2.09. The standard InChI is InChI=1S/C12H20N4O/c1-13-8-11-14-9-16(15-11)10-3-6-17-12(7-10)4-2-5-12/h9-10,13H,2-8H2,1H3. The predicted molar refractivity (Wildman–Crippen MR) is 63.6 cm³/mol. The van der Waals surface area contributed by atoms with Crippen molar-refractivity contribution < 1.29 is 4.74 Å². The molecule has 2 aliphatic rings. The Bertz CT molecular complexity index is 386. The summed E-state index contributed by atoms with van der Waals surface area (Å²) in [4.78, 5) is 4.32. The summed E-state index contributed by atoms with van der Waals surface area (Å²) >= 11 is 0. The lowest BCUT2D eigenvalue weighted by molar-refractivity contribution is -0.141. The van der Waals surface area contributed by atoms with Crippen LogP contribution in [-0.2, 0) is 11.3 Å². The molecule has 1 spiro atoms. The highest BCUT2D eigenvalue weighted by Gasteiger charge is 2.43. The third-order valence-corrected chi connectivity index (χ3v) is 4.00. The highest BCUT2D eigenvalue weighted by molar-refractivity contribution is 4.96. The summed E-state index contributed by atoms with van der Waals surface area (Å²) in [6.45, 7) is 1.60. The van der Waals surface area contributed by atoms with E-state index in [4.69, 9.17) is 4.74 Å². The molecule has 0 aromatic carbocycles. The summed E-state index contributed by atoms with van der Waals surface area (Å²) in [5, 5.41) is 7.61. The SMILES string of the molecule is CNCc1ncn(C2CCOC3(CCC3)C2)n1. The Morgan fingerprint density at radius 3 is 3.18 bits per heavy atom. The summed E-state index contributed by atoms with van der Waals surface area (Å²) in [7, 11) is 1.92. The van der Waals surface area contributed by atoms with E-state index in [1.165, 1.54) is 19.3 Å². The fourth-order valence-electron chi connectivity index (χ4n) is 2.87. The second kappa shape index (κ2) is 4.38. The monoisotopic (exact) mass is 236 g/mol. The third-order valence-electron chi connectivity index (χ3n) is 4.00. The maximum atomic E-state index is 5.93. The Morgan fingerprint density at radius 2 is 2.47 bits per heavy atom. The fraction of sp³-hybridized carbons (Fsp3) is 0.833. The zero-order valence-corrected chi connectivity index (χ0v) is 10.4. The van der Waals surface area contributed by atoms with Crippen molar-refractivity contribution in [1.29, 1.82) is 0 Å². The summed E-state index contributed by atoms with van der Waals surface area (Å²) in [5.41, 5.74) is 0.179. The van der Waals surface area contributed by atoms with Crippen LogP contribution in [0, 0.1) is 0 Å². The summed E-state index contributed by atoms with van der Waals surface area (Å²) in [6.07, 6.45) is 7.80. The molecule has 5 nitrogen and oxygen atoms in total. The lowest BCUT2D eigenvalue weighted by Gasteiger charge is -2.47. The smallest absolute Gasteiger partial charge is 0.164 e. The number of ether oxygens (including phenoxy) is 1. The molecule has 1 aromatic rings. The van der Waals surface area contributed by atoms with Gasteiger partial charge in [0.25, 0.3) is 0 Å². The van der Waals surface area contributed by atoms with Gasteiger partial charge in [0, 0.05) is 6.61 Å². The first kappa shape index (κ1) is 11.2. The van der Waals surface area contributed by atoms with Crippen LogP contribution in [0.2, 0.25) is 0 Å². The zero-order chi connectivity index (χ0) is 11.7. The van der Waals surface area contributed by atoms with Gasteiger partial charge < -0.3 is 10.1 Å². The molecule has 0 bridgehead atoms. The van der Waals surface area contributed by atoms with Crippen LogP contribution >= 0.6 is 0 Å². The molecular formula is C12H20N4O. The maximum absolute atomic E-state index is 5.93. The molecule has 1 aliphatic carbocycles. The van der Waals surface area contributed by atoms with Crippen LogP contribution in [0.25, 0.3) is 0 Å². The Balaban J connectivity index is 1.69. The molecule has 1 aliphatic heterocycles. The van der Waals surface area contributed by atoms with Gasteiger partial charge in [-0.3, -0.25) is 0 Å². The quantitative estimate of drug-likeness (QED) is 0.858. The van der Waals surface area contributed by atoms with Gasteiger partial charge in [0.1, 0.15) is 6.33 Å². The van der Waals surface area contributed by atoms with Gasteiger partial charge in [0.15, 0.2) is 5.82 Å². The molecule has 0 amide bonds. The van der Waals surface area contributed by atoms with Crippen LogP contribution in [0.3, 0.4) is 0 Å². The lowest BCUT2D eigenvalue weighted by Crippen LogP contribution is -2.46. The van der Waals surface area contributed by atoms with Gasteiger partial charge in [0.05, 0.1) is 18.2 Å². The minimum atomic E-state index is 0.179. The van der Waals surface area contributed by atoms with Crippen molar-refractivity contribution in [2.45, 2.75) is 50.3 Å². The van der Waals surface area contributed by atoms with Crippen molar-refractivity contribution in [2.24, 2.45) is 0 Å². The molecule has 3 rings (SSSR count). The summed E-state index contributed by atoms with van der Waals surface area (Å²) < 4.78 is 7.97. The zero-order valence-electron chi connectivity index (χ0n) is 10.4. The van der Waals surface area contributed by atoms with Gasteiger partial charge in [0.2, 0.25) is 0 Å². The fourth-order valence-corrected chi connectivity index (χ4v) is 2.87. The van der Waals surface area contributed by atoms with E-state index in [1.807, 2.05) is 18.1 Å². The first-order valence-corrected chi connectivity index (χ1v) is 6.50. The normalized spacial score (nSPS) is 27.0. The first-order valence-electron chi connectivity index (χ1n) is 6.50. The van der Waals surface area contributed by atoms with Crippen LogP contribution in [-0.4, -0.2) is 34.0 Å². The number of nitrogens with one attached hydrogen (secondary N) is 1. The van der Waals surface area contributed by atoms with Crippen LogP contribution in [0.1, 0.15) is 44.0 Å². The van der Waals surface area contributed by atoms with Gasteiger partial charge in [-0.2, -0.15) is 5.10 Å². The summed E-state index contributed by atoms with van der Waals surface area (Å²) in [6, 6.07) is 0.474. The number of nitrogens with zero attached hydrogens (tertiary/aromatic N) is 3. The predicted octanol–water partition coefficient (Wildman–Crippen LogP) is 1.27. The van der Waals surface area contributed by atoms with Crippen molar-refractivity contribution in [3.63, 3.8) is 0 Å². The van der Waals surface area contributed by atoms with Crippen molar-refractivity contribution >= 4 is 0 Å². The molecule has 17 heavy (non-hydrogen) atoms. The number of rotatable bonds is 3. The lowest BCUT2D eigenvalue weighted by atomic mass is 9.74. The molecule has 1 saturated heterocycles. The largest absolute Gasteiger partial charge is 0.375 e. The molecule has 1 saturated carbocycles. The van der Waals surface area contributed by atoms with Crippen molar-refractivity contribution in [3.05, 3.63) is 12.2 Å². The van der Waals surface area contributed by atoms with Crippen LogP contribution in [0.15, 0.2) is 6.33 Å². The average molecular weight is 236 g/mol. The van der Waals surface area contributed by atoms with E-state index in [0.717, 1.165) is 31.8 Å². The number of aromatic nitrogens is 3. The second-order valence-electron chi connectivity index (χ2n) is 5.20. The van der Waals surface area contributed by atoms with Gasteiger partial charge in [-0.15, -0.1) is 0 Å². The van der Waals surface area contributed by atoms with E-state index in [1.54, 1.807) is 0 Å². The van der Waals surface area contributed by atoms with E-state index in [0.29, 0.717) is 6.04 Å². The second-order valence-corrected chi connectivity index (χ2v) is 5.20. The Labute approximate surface area is 102 Å². The van der Waals surface area contributed by atoms with E-state index in [9.17, 15) is 0 Å². The van der Waals surface area contributed by atoms with Crippen LogP contribution in [0.4, 0.5) is 0 Å². The minimum absolute atomic E-state index is 0.179. The highest BCUT2D eigenvalue weighted by atomic mass is 16.5. The molecule has 2 heterocycles. The molecule has 0 radical (unpaired) electrons. The van der Waals surface area contributed by atoms with E-state index < -0.39 is 0 Å². The maximum Gasteiger partial charge on any atom is 0.164 e. The van der Waals surface area contributed by atoms with Gasteiger partial charge in [-0.25, -0.2) is 9.67 Å². The van der Waals surface area contributed by atoms with Crippen molar-refractivity contribution in [1.82, 2.24) is 20.1 Å². The average Bonchev–Trinajstić information content (AvgIpc) is 2.76. The Kier molecular flexibility index (Phi) is 2.88. The van der Waals surface area contributed by atoms with Gasteiger partial charge in [-0.05, 0) is 39.2 Å². The van der Waals surface area contributed by atoms with Gasteiger partial charge in [-0.1, -0.05) is 0 Å². The minimum Gasteiger partial charge on any atom is -0.375 e. The molecule has 94 valence electrons. The molecule has 1 unspecified atom stereocenters. The van der Waals surface area contributed by atoms with Crippen LogP contribution < -0.4 is 5.32 Å². The molecular weight excluding hydrogens is 216 g/mol. The Hall–Kier alpha value is -0.940. The first-order chi connectivity index (χ1) is 8.31. The van der Waals surface area contributed by atoms with E-state index in [2.05, 4.69) is 15.4 Å². The molecule has 1 atom stereocenters. The molecule has 1 aromatic heterocycles. The molecule has 1 N–H and O–H groups in total. The van der Waals surface area contributed by atoms with E-state index >= 15 is 0 Å². The molecule has 5 heteroatoms.